The third kappa shape index (κ3) is 4.19. The Bertz CT molecular complexity index is 1260. The van der Waals surface area contributed by atoms with Gasteiger partial charge in [-0.15, -0.1) is 0 Å². The number of carbonyl (C=O) groups is 4. The molecule has 194 valence electrons. The van der Waals surface area contributed by atoms with Crippen LogP contribution < -0.4 is 10.2 Å². The molecule has 3 aliphatic rings. The van der Waals surface area contributed by atoms with Crippen molar-refractivity contribution >= 4 is 29.3 Å². The Morgan fingerprint density at radius 3 is 2.30 bits per heavy atom. The first kappa shape index (κ1) is 25.3. The summed E-state index contributed by atoms with van der Waals surface area (Å²) in [5.74, 6) is -3.73. The molecule has 1 aliphatic carbocycles. The van der Waals surface area contributed by atoms with E-state index in [-0.39, 0.29) is 11.7 Å². The summed E-state index contributed by atoms with van der Waals surface area (Å²) in [5, 5.41) is 14.1. The van der Waals surface area contributed by atoms with Gasteiger partial charge in [0.1, 0.15) is 5.54 Å². The highest BCUT2D eigenvalue weighted by Gasteiger charge is 2.69. The number of benzene rings is 2. The first-order valence-corrected chi connectivity index (χ1v) is 13.2. The lowest BCUT2D eigenvalue weighted by molar-refractivity contribution is -0.150. The molecule has 3 fully saturated rings. The number of fused-ring (bicyclic) bond motifs is 1. The summed E-state index contributed by atoms with van der Waals surface area (Å²) in [5.41, 5.74) is 2.13. The van der Waals surface area contributed by atoms with Crippen molar-refractivity contribution in [3.8, 4) is 0 Å². The van der Waals surface area contributed by atoms with Crippen molar-refractivity contribution in [3.05, 3.63) is 64.7 Å². The molecule has 2 aliphatic heterocycles. The topological polar surface area (TPSA) is 104 Å². The Kier molecular flexibility index (Phi) is 6.52. The number of imide groups is 1. The van der Waals surface area contributed by atoms with Gasteiger partial charge in [0.05, 0.1) is 17.5 Å². The molecule has 2 amide bonds. The van der Waals surface area contributed by atoms with Crippen LogP contribution in [0.1, 0.15) is 78.5 Å². The summed E-state index contributed by atoms with van der Waals surface area (Å²) in [6.45, 7) is 5.37. The molecule has 4 unspecified atom stereocenters. The summed E-state index contributed by atoms with van der Waals surface area (Å²) >= 11 is 0. The summed E-state index contributed by atoms with van der Waals surface area (Å²) in [7, 11) is 0. The number of nitrogens with zero attached hydrogens (tertiary/aromatic N) is 1. The van der Waals surface area contributed by atoms with Gasteiger partial charge in [0, 0.05) is 11.6 Å². The van der Waals surface area contributed by atoms with Crippen molar-refractivity contribution in [2.75, 3.05) is 4.90 Å². The number of amides is 2. The normalized spacial score (nSPS) is 28.0. The Balaban J connectivity index is 1.62. The fourth-order valence-electron chi connectivity index (χ4n) is 6.78. The van der Waals surface area contributed by atoms with Crippen LogP contribution >= 0.6 is 0 Å². The molecule has 37 heavy (non-hydrogen) atoms. The van der Waals surface area contributed by atoms with Gasteiger partial charge in [-0.3, -0.25) is 24.5 Å². The van der Waals surface area contributed by atoms with E-state index in [2.05, 4.69) is 5.32 Å². The molecule has 2 saturated heterocycles. The van der Waals surface area contributed by atoms with Crippen LogP contribution in [0, 0.1) is 31.6 Å². The molecular weight excluding hydrogens is 468 g/mol. The average Bonchev–Trinajstić information content (AvgIpc) is 3.35. The highest BCUT2D eigenvalue weighted by molar-refractivity contribution is 6.24. The van der Waals surface area contributed by atoms with Gasteiger partial charge in [0.25, 0.3) is 0 Å². The first-order chi connectivity index (χ1) is 17.6. The minimum atomic E-state index is -1.53. The van der Waals surface area contributed by atoms with E-state index in [1.165, 1.54) is 6.92 Å². The number of hydrogen-bond acceptors (Lipinski definition) is 5. The van der Waals surface area contributed by atoms with E-state index in [1.54, 1.807) is 24.3 Å². The number of carbonyl (C=O) groups excluding carboxylic acids is 3. The number of aryl methyl sites for hydroxylation is 2. The largest absolute Gasteiger partial charge is 0.480 e. The van der Waals surface area contributed by atoms with Crippen molar-refractivity contribution in [2.24, 2.45) is 17.8 Å². The zero-order valence-corrected chi connectivity index (χ0v) is 21.6. The van der Waals surface area contributed by atoms with Crippen LogP contribution in [0.4, 0.5) is 5.69 Å². The summed E-state index contributed by atoms with van der Waals surface area (Å²) in [4.78, 5) is 54.1. The third-order valence-electron chi connectivity index (χ3n) is 8.67. The molecule has 2 N–H and O–H groups in total. The van der Waals surface area contributed by atoms with Gasteiger partial charge >= 0.3 is 5.97 Å². The van der Waals surface area contributed by atoms with Crippen LogP contribution in [-0.4, -0.2) is 34.2 Å². The molecule has 2 heterocycles. The maximum atomic E-state index is 14.0. The number of anilines is 1. The molecule has 2 aromatic carbocycles. The number of carboxylic acids is 1. The second kappa shape index (κ2) is 9.53. The third-order valence-corrected chi connectivity index (χ3v) is 8.67. The van der Waals surface area contributed by atoms with Gasteiger partial charge in [-0.25, -0.2) is 4.90 Å². The lowest BCUT2D eigenvalue weighted by atomic mass is 9.72. The average molecular weight is 503 g/mol. The lowest BCUT2D eigenvalue weighted by Gasteiger charge is -2.35. The number of nitrogens with one attached hydrogen (secondary N) is 1. The van der Waals surface area contributed by atoms with Crippen molar-refractivity contribution in [1.29, 1.82) is 0 Å². The second-order valence-electron chi connectivity index (χ2n) is 11.1. The van der Waals surface area contributed by atoms with Crippen LogP contribution in [0.2, 0.25) is 0 Å². The predicted molar refractivity (Wildman–Crippen MR) is 139 cm³/mol. The second-order valence-corrected chi connectivity index (χ2v) is 11.1. The fraction of sp³-hybridized carbons (Fsp3) is 0.467. The SMILES string of the molecule is CC(=O)c1ccc(N2C(=O)C3C(c4cc(C)ccc4C)NC(CC4CCCCC4)(C(=O)O)C3C2=O)cc1. The summed E-state index contributed by atoms with van der Waals surface area (Å²) < 4.78 is 0. The lowest BCUT2D eigenvalue weighted by Crippen LogP contribution is -2.57. The molecule has 0 bridgehead atoms. The summed E-state index contributed by atoms with van der Waals surface area (Å²) in [6.07, 6.45) is 5.43. The van der Waals surface area contributed by atoms with Crippen molar-refractivity contribution in [1.82, 2.24) is 5.32 Å². The molecule has 1 saturated carbocycles. The Hall–Kier alpha value is -3.32. The van der Waals surface area contributed by atoms with E-state index < -0.39 is 41.2 Å². The van der Waals surface area contributed by atoms with Gasteiger partial charge in [-0.1, -0.05) is 55.9 Å². The smallest absolute Gasteiger partial charge is 0.324 e. The van der Waals surface area contributed by atoms with Crippen LogP contribution in [0.15, 0.2) is 42.5 Å². The fourth-order valence-corrected chi connectivity index (χ4v) is 6.78. The van der Waals surface area contributed by atoms with E-state index in [1.807, 2.05) is 32.0 Å². The van der Waals surface area contributed by atoms with Crippen LogP contribution in [0.3, 0.4) is 0 Å². The van der Waals surface area contributed by atoms with Crippen LogP contribution in [0.5, 0.6) is 0 Å². The van der Waals surface area contributed by atoms with E-state index in [0.29, 0.717) is 17.7 Å². The number of carboxylic acid groups (broad SMARTS) is 1. The Morgan fingerprint density at radius 1 is 1.00 bits per heavy atom. The van der Waals surface area contributed by atoms with Crippen molar-refractivity contribution in [2.45, 2.75) is 70.9 Å². The van der Waals surface area contributed by atoms with Crippen molar-refractivity contribution < 1.29 is 24.3 Å². The highest BCUT2D eigenvalue weighted by Crippen LogP contribution is 2.53. The quantitative estimate of drug-likeness (QED) is 0.436. The molecule has 0 spiro atoms. The maximum absolute atomic E-state index is 14.0. The van der Waals surface area contributed by atoms with E-state index in [0.717, 1.165) is 53.7 Å². The first-order valence-electron chi connectivity index (χ1n) is 13.2. The number of Topliss-reactive ketones (excluding diaryl/α,β-unsaturated/α-hetero) is 1. The van der Waals surface area contributed by atoms with E-state index in [9.17, 15) is 24.3 Å². The molecule has 4 atom stereocenters. The maximum Gasteiger partial charge on any atom is 0.324 e. The number of aliphatic carboxylic acids is 1. The van der Waals surface area contributed by atoms with Gasteiger partial charge < -0.3 is 5.11 Å². The highest BCUT2D eigenvalue weighted by atomic mass is 16.4. The summed E-state index contributed by atoms with van der Waals surface area (Å²) in [6, 6.07) is 11.7. The molecule has 5 rings (SSSR count). The van der Waals surface area contributed by atoms with Crippen LogP contribution in [-0.2, 0) is 14.4 Å². The molecular formula is C30H34N2O5. The van der Waals surface area contributed by atoms with E-state index >= 15 is 0 Å². The van der Waals surface area contributed by atoms with Crippen molar-refractivity contribution in [3.63, 3.8) is 0 Å². The Morgan fingerprint density at radius 2 is 1.68 bits per heavy atom. The van der Waals surface area contributed by atoms with Gasteiger partial charge in [-0.05, 0) is 68.5 Å². The molecule has 2 aromatic rings. The van der Waals surface area contributed by atoms with Gasteiger partial charge in [0.15, 0.2) is 5.78 Å². The molecule has 7 heteroatoms. The minimum absolute atomic E-state index is 0.112. The number of ketones is 1. The van der Waals surface area contributed by atoms with Gasteiger partial charge in [0.2, 0.25) is 11.8 Å². The van der Waals surface area contributed by atoms with Gasteiger partial charge in [-0.2, -0.15) is 0 Å². The predicted octanol–water partition coefficient (Wildman–Crippen LogP) is 4.75. The standard InChI is InChI=1S/C30H34N2O5/c1-17-9-10-18(2)23(15-17)26-24-25(30(31-26,29(36)37)16-20-7-5-4-6-8-20)28(35)32(27(24)34)22-13-11-21(12-14-22)19(3)33/h9-15,20,24-26,31H,4-8,16H2,1-3H3,(H,36,37). The van der Waals surface area contributed by atoms with Crippen LogP contribution in [0.25, 0.3) is 0 Å². The molecule has 0 radical (unpaired) electrons. The number of hydrogen-bond donors (Lipinski definition) is 2. The Labute approximate surface area is 217 Å². The molecule has 7 nitrogen and oxygen atoms in total. The number of rotatable bonds is 6. The minimum Gasteiger partial charge on any atom is -0.480 e. The zero-order chi connectivity index (χ0) is 26.5. The zero-order valence-electron chi connectivity index (χ0n) is 21.6. The molecule has 0 aromatic heterocycles. The monoisotopic (exact) mass is 502 g/mol. The van der Waals surface area contributed by atoms with E-state index in [4.69, 9.17) is 0 Å².